The van der Waals surface area contributed by atoms with Gasteiger partial charge in [-0.05, 0) is 37.3 Å². The minimum absolute atomic E-state index is 0.124. The van der Waals surface area contributed by atoms with E-state index in [1.807, 2.05) is 4.57 Å². The zero-order valence-electron chi connectivity index (χ0n) is 16.0. The first-order chi connectivity index (χ1) is 14.0. The number of thioether (sulfide) groups is 2. The maximum absolute atomic E-state index is 12.3. The highest BCUT2D eigenvalue weighted by Gasteiger charge is 2.14. The topological polar surface area (TPSA) is 59.8 Å². The predicted octanol–water partition coefficient (Wildman–Crippen LogP) is 5.45. The van der Waals surface area contributed by atoms with Gasteiger partial charge in [0, 0.05) is 22.2 Å². The number of hydrogen-bond acceptors (Lipinski definition) is 5. The number of anilines is 1. The molecule has 1 amide bonds. The Bertz CT molecular complexity index is 989. The number of carbonyl (C=O) groups excluding carboxylic acids is 1. The molecule has 3 aromatic rings. The number of benzene rings is 2. The number of nitrogens with zero attached hydrogens (tertiary/aromatic N) is 3. The summed E-state index contributed by atoms with van der Waals surface area (Å²) in [7, 11) is 0. The van der Waals surface area contributed by atoms with Crippen molar-refractivity contribution in [2.45, 2.75) is 29.3 Å². The molecule has 3 rings (SSSR count). The van der Waals surface area contributed by atoms with Crippen molar-refractivity contribution in [1.29, 1.82) is 0 Å². The summed E-state index contributed by atoms with van der Waals surface area (Å²) in [4.78, 5) is 13.4. The van der Waals surface area contributed by atoms with Crippen molar-refractivity contribution in [3.05, 3.63) is 77.6 Å². The molecule has 0 aliphatic rings. The summed E-state index contributed by atoms with van der Waals surface area (Å²) in [5, 5.41) is 12.7. The van der Waals surface area contributed by atoms with Gasteiger partial charge in [-0.25, -0.2) is 0 Å². The van der Waals surface area contributed by atoms with Crippen LogP contribution in [-0.4, -0.2) is 26.4 Å². The molecule has 1 aromatic heterocycles. The number of rotatable bonds is 9. The molecular weight excluding hydrogens is 424 g/mol. The summed E-state index contributed by atoms with van der Waals surface area (Å²) in [5.41, 5.74) is 1.91. The smallest absolute Gasteiger partial charge is 0.234 e. The molecule has 2 aromatic carbocycles. The third kappa shape index (κ3) is 6.39. The molecular formula is C21H21ClN4OS2. The maximum atomic E-state index is 12.3. The Labute approximate surface area is 183 Å². The van der Waals surface area contributed by atoms with Gasteiger partial charge in [0.05, 0.1) is 11.5 Å². The lowest BCUT2D eigenvalue weighted by Crippen LogP contribution is -2.14. The number of hydrogen-bond donors (Lipinski definition) is 1. The van der Waals surface area contributed by atoms with Gasteiger partial charge in [0.2, 0.25) is 5.91 Å². The summed E-state index contributed by atoms with van der Waals surface area (Å²) >= 11 is 9.01. The van der Waals surface area contributed by atoms with E-state index in [4.69, 9.17) is 11.6 Å². The van der Waals surface area contributed by atoms with Crippen LogP contribution in [0.25, 0.3) is 0 Å². The van der Waals surface area contributed by atoms with Crippen molar-refractivity contribution >= 4 is 46.7 Å². The van der Waals surface area contributed by atoms with Crippen molar-refractivity contribution in [3.63, 3.8) is 0 Å². The Hall–Kier alpha value is -2.22. The first-order valence-corrected chi connectivity index (χ1v) is 11.3. The first kappa shape index (κ1) is 21.5. The highest BCUT2D eigenvalue weighted by Crippen LogP contribution is 2.25. The summed E-state index contributed by atoms with van der Waals surface area (Å²) in [6.45, 7) is 6.48. The first-order valence-electron chi connectivity index (χ1n) is 8.96. The van der Waals surface area contributed by atoms with Crippen molar-refractivity contribution in [2.75, 3.05) is 11.1 Å². The second-order valence-electron chi connectivity index (χ2n) is 6.25. The summed E-state index contributed by atoms with van der Waals surface area (Å²) in [6.07, 6.45) is 1.81. The molecule has 1 heterocycles. The highest BCUT2D eigenvalue weighted by molar-refractivity contribution is 7.99. The van der Waals surface area contributed by atoms with Crippen LogP contribution in [0.3, 0.4) is 0 Å². The molecule has 0 bridgehead atoms. The van der Waals surface area contributed by atoms with E-state index in [9.17, 15) is 4.79 Å². The SMILES string of the molecule is C=CCn1c(CSc2ccc(C)cc2)nnc1SCC(=O)Nc1cccc(Cl)c1. The van der Waals surface area contributed by atoms with E-state index in [-0.39, 0.29) is 11.7 Å². The minimum Gasteiger partial charge on any atom is -0.325 e. The van der Waals surface area contributed by atoms with Gasteiger partial charge in [-0.3, -0.25) is 4.79 Å². The fourth-order valence-corrected chi connectivity index (χ4v) is 4.32. The third-order valence-electron chi connectivity index (χ3n) is 3.93. The van der Waals surface area contributed by atoms with Crippen LogP contribution in [0.4, 0.5) is 5.69 Å². The van der Waals surface area contributed by atoms with E-state index < -0.39 is 0 Å². The van der Waals surface area contributed by atoms with Gasteiger partial charge in [-0.2, -0.15) is 0 Å². The van der Waals surface area contributed by atoms with E-state index in [0.717, 1.165) is 5.82 Å². The quantitative estimate of drug-likeness (QED) is 0.351. The van der Waals surface area contributed by atoms with Crippen LogP contribution >= 0.6 is 35.1 Å². The van der Waals surface area contributed by atoms with Crippen LogP contribution in [-0.2, 0) is 17.1 Å². The van der Waals surface area contributed by atoms with Crippen LogP contribution < -0.4 is 5.32 Å². The molecule has 1 N–H and O–H groups in total. The third-order valence-corrected chi connectivity index (χ3v) is 6.14. The monoisotopic (exact) mass is 444 g/mol. The Morgan fingerprint density at radius 2 is 2.00 bits per heavy atom. The van der Waals surface area contributed by atoms with Gasteiger partial charge in [0.1, 0.15) is 5.82 Å². The van der Waals surface area contributed by atoms with Crippen molar-refractivity contribution in [2.24, 2.45) is 0 Å². The lowest BCUT2D eigenvalue weighted by molar-refractivity contribution is -0.113. The summed E-state index contributed by atoms with van der Waals surface area (Å²) < 4.78 is 1.99. The van der Waals surface area contributed by atoms with Gasteiger partial charge in [-0.15, -0.1) is 28.5 Å². The highest BCUT2D eigenvalue weighted by atomic mass is 35.5. The molecule has 0 fully saturated rings. The van der Waals surface area contributed by atoms with Gasteiger partial charge in [0.25, 0.3) is 0 Å². The molecule has 0 radical (unpaired) electrons. The van der Waals surface area contributed by atoms with Crippen LogP contribution in [0.1, 0.15) is 11.4 Å². The molecule has 29 heavy (non-hydrogen) atoms. The van der Waals surface area contributed by atoms with E-state index >= 15 is 0 Å². The van der Waals surface area contributed by atoms with Crippen molar-refractivity contribution in [3.8, 4) is 0 Å². The van der Waals surface area contributed by atoms with Crippen LogP contribution in [0.5, 0.6) is 0 Å². The molecule has 5 nitrogen and oxygen atoms in total. The average Bonchev–Trinajstić information content (AvgIpc) is 3.08. The second-order valence-corrected chi connectivity index (χ2v) is 8.67. The number of carbonyl (C=O) groups is 1. The molecule has 150 valence electrons. The Kier molecular flexibility index (Phi) is 7.80. The molecule has 0 unspecified atom stereocenters. The number of aromatic nitrogens is 3. The maximum Gasteiger partial charge on any atom is 0.234 e. The largest absolute Gasteiger partial charge is 0.325 e. The van der Waals surface area contributed by atoms with E-state index in [0.29, 0.717) is 28.2 Å². The van der Waals surface area contributed by atoms with Crippen molar-refractivity contribution in [1.82, 2.24) is 14.8 Å². The lowest BCUT2D eigenvalue weighted by Gasteiger charge is -2.08. The fraction of sp³-hybridized carbons (Fsp3) is 0.190. The number of aryl methyl sites for hydroxylation is 1. The number of amides is 1. The van der Waals surface area contributed by atoms with E-state index in [1.54, 1.807) is 42.1 Å². The average molecular weight is 445 g/mol. The van der Waals surface area contributed by atoms with E-state index in [1.165, 1.54) is 22.2 Å². The molecule has 0 aliphatic carbocycles. The van der Waals surface area contributed by atoms with Gasteiger partial charge in [-0.1, -0.05) is 53.2 Å². The Morgan fingerprint density at radius 3 is 2.72 bits per heavy atom. The number of nitrogens with one attached hydrogen (secondary N) is 1. The van der Waals surface area contributed by atoms with Crippen LogP contribution in [0, 0.1) is 6.92 Å². The molecule has 8 heteroatoms. The van der Waals surface area contributed by atoms with E-state index in [2.05, 4.69) is 53.3 Å². The van der Waals surface area contributed by atoms with Crippen LogP contribution in [0.15, 0.2) is 71.2 Å². The predicted molar refractivity (Wildman–Crippen MR) is 122 cm³/mol. The van der Waals surface area contributed by atoms with Crippen molar-refractivity contribution < 1.29 is 4.79 Å². The Balaban J connectivity index is 1.60. The molecule has 0 atom stereocenters. The Morgan fingerprint density at radius 1 is 1.21 bits per heavy atom. The molecule has 0 spiro atoms. The molecule has 0 saturated heterocycles. The minimum atomic E-state index is -0.124. The second kappa shape index (κ2) is 10.5. The normalized spacial score (nSPS) is 10.7. The fourth-order valence-electron chi connectivity index (χ4n) is 2.52. The lowest BCUT2D eigenvalue weighted by atomic mass is 10.2. The number of halogens is 1. The summed E-state index contributed by atoms with van der Waals surface area (Å²) in [5.74, 6) is 1.65. The number of allylic oxidation sites excluding steroid dienone is 1. The van der Waals surface area contributed by atoms with Gasteiger partial charge < -0.3 is 9.88 Å². The molecule has 0 aliphatic heterocycles. The zero-order valence-corrected chi connectivity index (χ0v) is 18.4. The van der Waals surface area contributed by atoms with Gasteiger partial charge >= 0.3 is 0 Å². The standard InChI is InChI=1S/C21H21ClN4OS2/c1-3-11-26-19(13-28-18-9-7-15(2)8-10-18)24-25-21(26)29-14-20(27)23-17-6-4-5-16(22)12-17/h3-10,12H,1,11,13-14H2,2H3,(H,23,27). The zero-order chi connectivity index (χ0) is 20.6. The molecule has 0 saturated carbocycles. The summed E-state index contributed by atoms with van der Waals surface area (Å²) in [6, 6.07) is 15.5. The van der Waals surface area contributed by atoms with Gasteiger partial charge in [0.15, 0.2) is 5.16 Å². The van der Waals surface area contributed by atoms with Crippen LogP contribution in [0.2, 0.25) is 5.02 Å².